The third-order valence-corrected chi connectivity index (χ3v) is 2.81. The van der Waals surface area contributed by atoms with Crippen molar-refractivity contribution in [1.29, 1.82) is 0 Å². The Hall–Kier alpha value is -0.0400. The summed E-state index contributed by atoms with van der Waals surface area (Å²) in [5.41, 5.74) is 0. The van der Waals surface area contributed by atoms with E-state index in [1.807, 2.05) is 0 Å². The second-order valence-corrected chi connectivity index (χ2v) is 3.33. The molecule has 1 fully saturated rings. The summed E-state index contributed by atoms with van der Waals surface area (Å²) in [6.45, 7) is 7.13. The van der Waals surface area contributed by atoms with Crippen LogP contribution < -0.4 is 5.32 Å². The fourth-order valence-corrected chi connectivity index (χ4v) is 1.99. The molecule has 10 heavy (non-hydrogen) atoms. The van der Waals surface area contributed by atoms with Gasteiger partial charge in [0.15, 0.2) is 0 Å². The highest BCUT2D eigenvalue weighted by Crippen LogP contribution is 2.24. The van der Waals surface area contributed by atoms with Crippen LogP contribution in [0.15, 0.2) is 0 Å². The quantitative estimate of drug-likeness (QED) is 0.620. The Labute approximate surface area is 64.2 Å². The van der Waals surface area contributed by atoms with E-state index in [2.05, 4.69) is 19.2 Å². The van der Waals surface area contributed by atoms with Gasteiger partial charge in [0, 0.05) is 0 Å². The summed E-state index contributed by atoms with van der Waals surface area (Å²) >= 11 is 0. The zero-order valence-corrected chi connectivity index (χ0v) is 7.19. The van der Waals surface area contributed by atoms with Crippen molar-refractivity contribution in [2.24, 2.45) is 11.8 Å². The highest BCUT2D eigenvalue weighted by molar-refractivity contribution is 4.75. The minimum absolute atomic E-state index is 0.957. The average molecular weight is 141 g/mol. The zero-order valence-electron chi connectivity index (χ0n) is 7.19. The molecular formula is C9H19N. The first kappa shape index (κ1) is 8.06. The van der Waals surface area contributed by atoms with Crippen LogP contribution in [-0.4, -0.2) is 13.1 Å². The molecule has 0 bridgehead atoms. The van der Waals surface area contributed by atoms with Gasteiger partial charge >= 0.3 is 0 Å². The SMILES string of the molecule is CC[C@@H]1CCNC[C@H]1CC. The molecule has 0 aromatic heterocycles. The predicted molar refractivity (Wildman–Crippen MR) is 45.0 cm³/mol. The van der Waals surface area contributed by atoms with Crippen LogP contribution in [0.1, 0.15) is 33.1 Å². The Kier molecular flexibility index (Phi) is 3.20. The lowest BCUT2D eigenvalue weighted by atomic mass is 9.83. The van der Waals surface area contributed by atoms with Gasteiger partial charge in [0.25, 0.3) is 0 Å². The Morgan fingerprint density at radius 3 is 2.40 bits per heavy atom. The molecule has 1 heterocycles. The minimum Gasteiger partial charge on any atom is -0.316 e. The Morgan fingerprint density at radius 1 is 1.20 bits per heavy atom. The van der Waals surface area contributed by atoms with Crippen LogP contribution in [0.2, 0.25) is 0 Å². The largest absolute Gasteiger partial charge is 0.316 e. The molecule has 1 nitrogen and oxygen atoms in total. The highest BCUT2D eigenvalue weighted by atomic mass is 14.9. The van der Waals surface area contributed by atoms with E-state index in [-0.39, 0.29) is 0 Å². The van der Waals surface area contributed by atoms with Crippen LogP contribution in [0.5, 0.6) is 0 Å². The number of hydrogen-bond donors (Lipinski definition) is 1. The minimum atomic E-state index is 0.957. The van der Waals surface area contributed by atoms with Gasteiger partial charge in [-0.3, -0.25) is 0 Å². The van der Waals surface area contributed by atoms with E-state index in [1.54, 1.807) is 0 Å². The van der Waals surface area contributed by atoms with Crippen molar-refractivity contribution in [2.45, 2.75) is 33.1 Å². The first-order valence-electron chi connectivity index (χ1n) is 4.59. The van der Waals surface area contributed by atoms with Gasteiger partial charge in [0.1, 0.15) is 0 Å². The second kappa shape index (κ2) is 3.97. The van der Waals surface area contributed by atoms with E-state index in [9.17, 15) is 0 Å². The summed E-state index contributed by atoms with van der Waals surface area (Å²) in [4.78, 5) is 0. The maximum Gasteiger partial charge on any atom is -0.00180 e. The van der Waals surface area contributed by atoms with E-state index < -0.39 is 0 Å². The van der Waals surface area contributed by atoms with Gasteiger partial charge in [-0.05, 0) is 31.3 Å². The van der Waals surface area contributed by atoms with Crippen LogP contribution in [0.25, 0.3) is 0 Å². The normalized spacial score (nSPS) is 34.2. The monoisotopic (exact) mass is 141 g/mol. The lowest BCUT2D eigenvalue weighted by Gasteiger charge is -2.30. The molecule has 0 spiro atoms. The van der Waals surface area contributed by atoms with Crippen molar-refractivity contribution >= 4 is 0 Å². The predicted octanol–water partition coefficient (Wildman–Crippen LogP) is 2.03. The van der Waals surface area contributed by atoms with Gasteiger partial charge in [0.05, 0.1) is 0 Å². The molecule has 2 atom stereocenters. The zero-order chi connectivity index (χ0) is 7.40. The van der Waals surface area contributed by atoms with Crippen molar-refractivity contribution in [2.75, 3.05) is 13.1 Å². The number of piperidine rings is 1. The first-order valence-corrected chi connectivity index (χ1v) is 4.59. The summed E-state index contributed by atoms with van der Waals surface area (Å²) in [5, 5.41) is 3.45. The van der Waals surface area contributed by atoms with Crippen molar-refractivity contribution in [3.63, 3.8) is 0 Å². The van der Waals surface area contributed by atoms with Gasteiger partial charge in [-0.1, -0.05) is 26.7 Å². The summed E-state index contributed by atoms with van der Waals surface area (Å²) in [6.07, 6.45) is 4.13. The fourth-order valence-electron chi connectivity index (χ4n) is 1.99. The molecule has 0 aliphatic carbocycles. The standard InChI is InChI=1S/C9H19N/c1-3-8-5-6-10-7-9(8)4-2/h8-10H,3-7H2,1-2H3/t8-,9-/m1/s1. The van der Waals surface area contributed by atoms with Gasteiger partial charge in [-0.2, -0.15) is 0 Å². The van der Waals surface area contributed by atoms with Crippen LogP contribution >= 0.6 is 0 Å². The molecule has 60 valence electrons. The fraction of sp³-hybridized carbons (Fsp3) is 1.00. The van der Waals surface area contributed by atoms with Crippen LogP contribution in [0, 0.1) is 11.8 Å². The molecule has 1 rings (SSSR count). The average Bonchev–Trinajstić information content (AvgIpc) is 2.04. The molecule has 0 radical (unpaired) electrons. The summed E-state index contributed by atoms with van der Waals surface area (Å²) < 4.78 is 0. The molecule has 1 heteroatoms. The lowest BCUT2D eigenvalue weighted by Crippen LogP contribution is -2.35. The number of nitrogens with one attached hydrogen (secondary N) is 1. The smallest absolute Gasteiger partial charge is 0.00180 e. The molecule has 1 aliphatic rings. The van der Waals surface area contributed by atoms with Crippen LogP contribution in [-0.2, 0) is 0 Å². The van der Waals surface area contributed by atoms with Crippen molar-refractivity contribution in [3.8, 4) is 0 Å². The number of hydrogen-bond acceptors (Lipinski definition) is 1. The van der Waals surface area contributed by atoms with Crippen LogP contribution in [0.3, 0.4) is 0 Å². The van der Waals surface area contributed by atoms with Crippen molar-refractivity contribution in [1.82, 2.24) is 5.32 Å². The number of rotatable bonds is 2. The summed E-state index contributed by atoms with van der Waals surface area (Å²) in [6, 6.07) is 0. The Morgan fingerprint density at radius 2 is 1.90 bits per heavy atom. The van der Waals surface area contributed by atoms with Gasteiger partial charge < -0.3 is 5.32 Å². The van der Waals surface area contributed by atoms with E-state index in [1.165, 1.54) is 32.4 Å². The highest BCUT2D eigenvalue weighted by Gasteiger charge is 2.20. The van der Waals surface area contributed by atoms with Gasteiger partial charge in [0.2, 0.25) is 0 Å². The van der Waals surface area contributed by atoms with E-state index in [4.69, 9.17) is 0 Å². The lowest BCUT2D eigenvalue weighted by molar-refractivity contribution is 0.241. The van der Waals surface area contributed by atoms with Crippen LogP contribution in [0.4, 0.5) is 0 Å². The molecular weight excluding hydrogens is 122 g/mol. The molecule has 1 N–H and O–H groups in total. The molecule has 0 aromatic rings. The second-order valence-electron chi connectivity index (χ2n) is 3.33. The maximum atomic E-state index is 3.45. The summed E-state index contributed by atoms with van der Waals surface area (Å²) in [7, 11) is 0. The molecule has 0 saturated carbocycles. The first-order chi connectivity index (χ1) is 4.88. The van der Waals surface area contributed by atoms with Gasteiger partial charge in [-0.15, -0.1) is 0 Å². The van der Waals surface area contributed by atoms with E-state index in [0.717, 1.165) is 11.8 Å². The van der Waals surface area contributed by atoms with Crippen molar-refractivity contribution in [3.05, 3.63) is 0 Å². The summed E-state index contributed by atoms with van der Waals surface area (Å²) in [5.74, 6) is 1.96. The molecule has 1 saturated heterocycles. The molecule has 0 unspecified atom stereocenters. The van der Waals surface area contributed by atoms with Crippen molar-refractivity contribution < 1.29 is 0 Å². The molecule has 0 aromatic carbocycles. The third-order valence-electron chi connectivity index (χ3n) is 2.81. The Balaban J connectivity index is 2.34. The van der Waals surface area contributed by atoms with Gasteiger partial charge in [-0.25, -0.2) is 0 Å². The van der Waals surface area contributed by atoms with E-state index in [0.29, 0.717) is 0 Å². The third kappa shape index (κ3) is 1.72. The molecule has 1 aliphatic heterocycles. The topological polar surface area (TPSA) is 12.0 Å². The Bertz CT molecular complexity index is 78.7. The van der Waals surface area contributed by atoms with E-state index >= 15 is 0 Å². The maximum absolute atomic E-state index is 3.45. The molecule has 0 amide bonds.